The summed E-state index contributed by atoms with van der Waals surface area (Å²) in [4.78, 5) is 26.2. The molecule has 0 atom stereocenters. The van der Waals surface area contributed by atoms with Gasteiger partial charge in [-0.1, -0.05) is 30.3 Å². The van der Waals surface area contributed by atoms with Crippen LogP contribution in [0.25, 0.3) is 0 Å². The van der Waals surface area contributed by atoms with E-state index in [0.29, 0.717) is 17.8 Å². The van der Waals surface area contributed by atoms with Crippen LogP contribution in [0.5, 0.6) is 0 Å². The van der Waals surface area contributed by atoms with Crippen molar-refractivity contribution in [2.45, 2.75) is 19.3 Å². The molecule has 2 aromatic carbocycles. The smallest absolute Gasteiger partial charge is 0.279 e. The number of hydrogen-bond donors (Lipinski definition) is 3. The lowest BCUT2D eigenvalue weighted by Gasteiger charge is -2.23. The van der Waals surface area contributed by atoms with Crippen LogP contribution < -0.4 is 15.5 Å². The highest BCUT2D eigenvalue weighted by atomic mass is 16.2. The number of piperidine rings is 1. The Bertz CT molecular complexity index is 725. The molecule has 0 aliphatic carbocycles. The number of anilines is 2. The maximum Gasteiger partial charge on any atom is 0.279 e. The monoisotopic (exact) mass is 338 g/mol. The second kappa shape index (κ2) is 8.44. The van der Waals surface area contributed by atoms with E-state index in [2.05, 4.69) is 10.6 Å². The first-order chi connectivity index (χ1) is 12.2. The minimum absolute atomic E-state index is 0.0446. The van der Waals surface area contributed by atoms with E-state index < -0.39 is 0 Å². The van der Waals surface area contributed by atoms with Gasteiger partial charge in [0.15, 0.2) is 6.54 Å². The summed E-state index contributed by atoms with van der Waals surface area (Å²) in [6.45, 7) is 2.54. The van der Waals surface area contributed by atoms with Crippen LogP contribution in [0.3, 0.4) is 0 Å². The zero-order chi connectivity index (χ0) is 17.5. The number of carbonyl (C=O) groups excluding carboxylic acids is 2. The Labute approximate surface area is 148 Å². The molecule has 1 fully saturated rings. The zero-order valence-electron chi connectivity index (χ0n) is 14.3. The molecule has 2 amide bonds. The van der Waals surface area contributed by atoms with Gasteiger partial charge in [-0.05, 0) is 43.5 Å². The minimum Gasteiger partial charge on any atom is -0.327 e. The second-order valence-electron chi connectivity index (χ2n) is 6.40. The Morgan fingerprint density at radius 2 is 1.52 bits per heavy atom. The van der Waals surface area contributed by atoms with Gasteiger partial charge in [0.1, 0.15) is 0 Å². The number of carbonyl (C=O) groups is 2. The molecule has 1 aliphatic heterocycles. The summed E-state index contributed by atoms with van der Waals surface area (Å²) in [5.41, 5.74) is 1.75. The lowest BCUT2D eigenvalue weighted by Crippen LogP contribution is -3.13. The number of para-hydroxylation sites is 2. The number of quaternary nitrogens is 1. The molecule has 3 N–H and O–H groups in total. The van der Waals surface area contributed by atoms with Crippen molar-refractivity contribution in [3.05, 3.63) is 60.2 Å². The molecule has 25 heavy (non-hydrogen) atoms. The van der Waals surface area contributed by atoms with Crippen LogP contribution in [0.2, 0.25) is 0 Å². The fraction of sp³-hybridized carbons (Fsp3) is 0.300. The van der Waals surface area contributed by atoms with Crippen LogP contribution in [0.1, 0.15) is 29.6 Å². The Morgan fingerprint density at radius 1 is 0.840 bits per heavy atom. The van der Waals surface area contributed by atoms with Gasteiger partial charge in [-0.25, -0.2) is 0 Å². The Kier molecular flexibility index (Phi) is 5.80. The summed E-state index contributed by atoms with van der Waals surface area (Å²) in [6, 6.07) is 16.4. The first-order valence-corrected chi connectivity index (χ1v) is 8.81. The van der Waals surface area contributed by atoms with Gasteiger partial charge in [-0.2, -0.15) is 0 Å². The predicted molar refractivity (Wildman–Crippen MR) is 98.9 cm³/mol. The normalized spacial score (nSPS) is 14.7. The molecule has 0 unspecified atom stereocenters. The van der Waals surface area contributed by atoms with Gasteiger partial charge in [-0.15, -0.1) is 0 Å². The molecule has 2 aromatic rings. The SMILES string of the molecule is O=C(C[NH+]1CCCCC1)Nc1ccccc1C(=O)Nc1ccccc1. The van der Waals surface area contributed by atoms with Crippen molar-refractivity contribution in [2.24, 2.45) is 0 Å². The molecule has 5 nitrogen and oxygen atoms in total. The molecule has 1 aliphatic rings. The molecular formula is C20H24N3O2+. The fourth-order valence-electron chi connectivity index (χ4n) is 3.16. The zero-order valence-corrected chi connectivity index (χ0v) is 14.3. The summed E-state index contributed by atoms with van der Waals surface area (Å²) >= 11 is 0. The van der Waals surface area contributed by atoms with Crippen molar-refractivity contribution in [3.8, 4) is 0 Å². The van der Waals surface area contributed by atoms with Gasteiger partial charge in [0.2, 0.25) is 0 Å². The third kappa shape index (κ3) is 4.90. The standard InChI is InChI=1S/C20H23N3O2/c24-19(15-23-13-7-2-8-14-23)22-18-12-6-5-11-17(18)20(25)21-16-9-3-1-4-10-16/h1,3-6,9-12H,2,7-8,13-15H2,(H,21,25)(H,22,24)/p+1. The highest BCUT2D eigenvalue weighted by molar-refractivity contribution is 6.10. The molecule has 3 rings (SSSR count). The van der Waals surface area contributed by atoms with Crippen molar-refractivity contribution in [1.29, 1.82) is 0 Å². The molecular weight excluding hydrogens is 314 g/mol. The van der Waals surface area contributed by atoms with Gasteiger partial charge in [0.25, 0.3) is 11.8 Å². The molecule has 0 aromatic heterocycles. The van der Waals surface area contributed by atoms with Crippen molar-refractivity contribution in [1.82, 2.24) is 0 Å². The Morgan fingerprint density at radius 3 is 2.28 bits per heavy atom. The summed E-state index contributed by atoms with van der Waals surface area (Å²) in [6.07, 6.45) is 3.62. The van der Waals surface area contributed by atoms with Gasteiger partial charge in [-0.3, -0.25) is 9.59 Å². The van der Waals surface area contributed by atoms with E-state index in [9.17, 15) is 9.59 Å². The quantitative estimate of drug-likeness (QED) is 0.780. The number of rotatable bonds is 5. The van der Waals surface area contributed by atoms with Crippen LogP contribution in [-0.2, 0) is 4.79 Å². The average molecular weight is 338 g/mol. The van der Waals surface area contributed by atoms with Crippen molar-refractivity contribution in [2.75, 3.05) is 30.3 Å². The van der Waals surface area contributed by atoms with Crippen LogP contribution in [0.15, 0.2) is 54.6 Å². The lowest BCUT2D eigenvalue weighted by molar-refractivity contribution is -0.896. The first kappa shape index (κ1) is 17.2. The number of likely N-dealkylation sites (tertiary alicyclic amines) is 1. The molecule has 0 radical (unpaired) electrons. The topological polar surface area (TPSA) is 62.6 Å². The third-order valence-electron chi connectivity index (χ3n) is 4.45. The summed E-state index contributed by atoms with van der Waals surface area (Å²) in [5, 5.41) is 5.76. The molecule has 1 heterocycles. The van der Waals surface area contributed by atoms with E-state index in [1.165, 1.54) is 24.2 Å². The molecule has 5 heteroatoms. The molecule has 130 valence electrons. The van der Waals surface area contributed by atoms with E-state index >= 15 is 0 Å². The molecule has 0 bridgehead atoms. The summed E-state index contributed by atoms with van der Waals surface area (Å²) in [5.74, 6) is -0.274. The highest BCUT2D eigenvalue weighted by Gasteiger charge is 2.19. The molecule has 0 spiro atoms. The van der Waals surface area contributed by atoms with Crippen LogP contribution in [0.4, 0.5) is 11.4 Å². The summed E-state index contributed by atoms with van der Waals surface area (Å²) in [7, 11) is 0. The average Bonchev–Trinajstić information content (AvgIpc) is 2.63. The Balaban J connectivity index is 1.65. The van der Waals surface area contributed by atoms with E-state index in [1.807, 2.05) is 36.4 Å². The van der Waals surface area contributed by atoms with Crippen LogP contribution in [0, 0.1) is 0 Å². The van der Waals surface area contributed by atoms with Crippen LogP contribution >= 0.6 is 0 Å². The largest absolute Gasteiger partial charge is 0.327 e. The lowest BCUT2D eigenvalue weighted by atomic mass is 10.1. The number of nitrogens with one attached hydrogen (secondary N) is 3. The number of amides is 2. The van der Waals surface area contributed by atoms with E-state index in [0.717, 1.165) is 18.8 Å². The highest BCUT2D eigenvalue weighted by Crippen LogP contribution is 2.17. The maximum absolute atomic E-state index is 12.5. The van der Waals surface area contributed by atoms with Gasteiger partial charge < -0.3 is 15.5 Å². The maximum atomic E-state index is 12.5. The van der Waals surface area contributed by atoms with Crippen molar-refractivity contribution >= 4 is 23.2 Å². The summed E-state index contributed by atoms with van der Waals surface area (Å²) < 4.78 is 0. The van der Waals surface area contributed by atoms with Gasteiger partial charge in [0, 0.05) is 5.69 Å². The van der Waals surface area contributed by atoms with E-state index in [1.54, 1.807) is 18.2 Å². The minimum atomic E-state index is -0.229. The van der Waals surface area contributed by atoms with E-state index in [-0.39, 0.29) is 11.8 Å². The van der Waals surface area contributed by atoms with Gasteiger partial charge >= 0.3 is 0 Å². The molecule has 1 saturated heterocycles. The second-order valence-corrected chi connectivity index (χ2v) is 6.40. The van der Waals surface area contributed by atoms with E-state index in [4.69, 9.17) is 0 Å². The fourth-order valence-corrected chi connectivity index (χ4v) is 3.16. The van der Waals surface area contributed by atoms with Gasteiger partial charge in [0.05, 0.1) is 24.3 Å². The first-order valence-electron chi connectivity index (χ1n) is 8.81. The third-order valence-corrected chi connectivity index (χ3v) is 4.45. The number of hydrogen-bond acceptors (Lipinski definition) is 2. The molecule has 0 saturated carbocycles. The predicted octanol–water partition coefficient (Wildman–Crippen LogP) is 1.95. The van der Waals surface area contributed by atoms with Crippen molar-refractivity contribution in [3.63, 3.8) is 0 Å². The van der Waals surface area contributed by atoms with Crippen molar-refractivity contribution < 1.29 is 14.5 Å². The number of benzene rings is 2. The van der Waals surface area contributed by atoms with Crippen LogP contribution in [-0.4, -0.2) is 31.4 Å². The Hall–Kier alpha value is -2.66.